The molecule has 0 saturated carbocycles. The van der Waals surface area contributed by atoms with Gasteiger partial charge < -0.3 is 14.6 Å². The molecular weight excluding hydrogens is 270 g/mol. The standard InChI is InChI=1S/C14H21N5O2/c1-12-7-17-19(10-12)4-3-14(20)16-9-13-8-15-11-18(13)5-6-21-2/h7-8,10-11H,3-6,9H2,1-2H3,(H,16,20). The van der Waals surface area contributed by atoms with E-state index in [9.17, 15) is 4.79 Å². The van der Waals surface area contributed by atoms with Crippen LogP contribution in [-0.4, -0.2) is 39.0 Å². The fourth-order valence-corrected chi connectivity index (χ4v) is 1.97. The third-order valence-electron chi connectivity index (χ3n) is 3.13. The van der Waals surface area contributed by atoms with Gasteiger partial charge in [0.25, 0.3) is 0 Å². The van der Waals surface area contributed by atoms with Gasteiger partial charge in [-0.2, -0.15) is 5.10 Å². The summed E-state index contributed by atoms with van der Waals surface area (Å²) in [6.45, 7) is 4.39. The molecule has 0 aromatic carbocycles. The Balaban J connectivity index is 1.74. The molecule has 21 heavy (non-hydrogen) atoms. The van der Waals surface area contributed by atoms with Crippen LogP contribution in [0.1, 0.15) is 17.7 Å². The molecule has 0 fully saturated rings. The fraction of sp³-hybridized carbons (Fsp3) is 0.500. The number of nitrogens with zero attached hydrogens (tertiary/aromatic N) is 4. The summed E-state index contributed by atoms with van der Waals surface area (Å²) in [5, 5.41) is 7.05. The minimum Gasteiger partial charge on any atom is -0.383 e. The maximum absolute atomic E-state index is 11.8. The summed E-state index contributed by atoms with van der Waals surface area (Å²) in [6, 6.07) is 0. The summed E-state index contributed by atoms with van der Waals surface area (Å²) in [5.74, 6) is 0.00245. The summed E-state index contributed by atoms with van der Waals surface area (Å²) in [7, 11) is 1.66. The molecule has 0 spiro atoms. The number of ether oxygens (including phenoxy) is 1. The Bertz CT molecular complexity index is 575. The maximum Gasteiger partial charge on any atom is 0.222 e. The molecule has 2 heterocycles. The first-order chi connectivity index (χ1) is 10.2. The number of hydrogen-bond donors (Lipinski definition) is 1. The van der Waals surface area contributed by atoms with E-state index in [-0.39, 0.29) is 5.91 Å². The molecule has 2 aromatic rings. The molecule has 2 rings (SSSR count). The lowest BCUT2D eigenvalue weighted by molar-refractivity contribution is -0.121. The van der Waals surface area contributed by atoms with Crippen molar-refractivity contribution in [2.45, 2.75) is 33.0 Å². The van der Waals surface area contributed by atoms with Crippen molar-refractivity contribution in [2.75, 3.05) is 13.7 Å². The first-order valence-electron chi connectivity index (χ1n) is 6.92. The summed E-state index contributed by atoms with van der Waals surface area (Å²) < 4.78 is 8.79. The van der Waals surface area contributed by atoms with E-state index in [1.807, 2.05) is 17.7 Å². The molecule has 2 aromatic heterocycles. The van der Waals surface area contributed by atoms with Gasteiger partial charge in [-0.15, -0.1) is 0 Å². The van der Waals surface area contributed by atoms with E-state index in [0.29, 0.717) is 26.1 Å². The second-order valence-corrected chi connectivity index (χ2v) is 4.88. The van der Waals surface area contributed by atoms with Gasteiger partial charge in [0.15, 0.2) is 0 Å². The fourth-order valence-electron chi connectivity index (χ4n) is 1.97. The van der Waals surface area contributed by atoms with Gasteiger partial charge >= 0.3 is 0 Å². The van der Waals surface area contributed by atoms with E-state index in [1.165, 1.54) is 0 Å². The zero-order valence-corrected chi connectivity index (χ0v) is 12.5. The number of aryl methyl sites for hydroxylation is 2. The average molecular weight is 291 g/mol. The molecule has 7 heteroatoms. The normalized spacial score (nSPS) is 10.8. The lowest BCUT2D eigenvalue weighted by atomic mass is 10.3. The third-order valence-corrected chi connectivity index (χ3v) is 3.13. The molecule has 0 radical (unpaired) electrons. The van der Waals surface area contributed by atoms with E-state index in [4.69, 9.17) is 4.74 Å². The summed E-state index contributed by atoms with van der Waals surface area (Å²) in [6.07, 6.45) is 7.62. The topological polar surface area (TPSA) is 74.0 Å². The van der Waals surface area contributed by atoms with E-state index in [2.05, 4.69) is 15.4 Å². The van der Waals surface area contributed by atoms with E-state index >= 15 is 0 Å². The highest BCUT2D eigenvalue weighted by molar-refractivity contribution is 5.75. The first-order valence-corrected chi connectivity index (χ1v) is 6.92. The van der Waals surface area contributed by atoms with Crippen molar-refractivity contribution in [3.05, 3.63) is 36.2 Å². The van der Waals surface area contributed by atoms with E-state index in [0.717, 1.165) is 17.8 Å². The van der Waals surface area contributed by atoms with Gasteiger partial charge in [0.1, 0.15) is 0 Å². The number of carbonyl (C=O) groups is 1. The Morgan fingerprint density at radius 3 is 2.95 bits per heavy atom. The number of hydrogen-bond acceptors (Lipinski definition) is 4. The monoisotopic (exact) mass is 291 g/mol. The van der Waals surface area contributed by atoms with Crippen LogP contribution in [0.25, 0.3) is 0 Å². The van der Waals surface area contributed by atoms with Crippen molar-refractivity contribution in [3.8, 4) is 0 Å². The van der Waals surface area contributed by atoms with Gasteiger partial charge in [-0.25, -0.2) is 4.98 Å². The molecule has 0 aliphatic rings. The van der Waals surface area contributed by atoms with Gasteiger partial charge in [0, 0.05) is 39.0 Å². The van der Waals surface area contributed by atoms with Gasteiger partial charge in [0.05, 0.1) is 31.4 Å². The SMILES string of the molecule is COCCn1cncc1CNC(=O)CCn1cc(C)cn1. The lowest BCUT2D eigenvalue weighted by Crippen LogP contribution is -2.25. The van der Waals surface area contributed by atoms with Crippen LogP contribution in [0.15, 0.2) is 24.9 Å². The van der Waals surface area contributed by atoms with E-state index < -0.39 is 0 Å². The molecule has 0 aliphatic carbocycles. The summed E-state index contributed by atoms with van der Waals surface area (Å²) >= 11 is 0. The van der Waals surface area contributed by atoms with Gasteiger partial charge in [-0.05, 0) is 12.5 Å². The van der Waals surface area contributed by atoms with Crippen LogP contribution in [0.2, 0.25) is 0 Å². The molecule has 0 unspecified atom stereocenters. The minimum absolute atomic E-state index is 0.00245. The predicted octanol–water partition coefficient (Wildman–Crippen LogP) is 0.741. The average Bonchev–Trinajstić information content (AvgIpc) is 3.09. The largest absolute Gasteiger partial charge is 0.383 e. The Kier molecular flexibility index (Phi) is 5.51. The smallest absolute Gasteiger partial charge is 0.222 e. The second kappa shape index (κ2) is 7.58. The molecule has 0 aliphatic heterocycles. The number of nitrogens with one attached hydrogen (secondary N) is 1. The zero-order valence-electron chi connectivity index (χ0n) is 12.5. The van der Waals surface area contributed by atoms with Gasteiger partial charge in [0.2, 0.25) is 5.91 Å². The zero-order chi connectivity index (χ0) is 15.1. The van der Waals surface area contributed by atoms with Crippen LogP contribution in [0.4, 0.5) is 0 Å². The van der Waals surface area contributed by atoms with Crippen molar-refractivity contribution >= 4 is 5.91 Å². The van der Waals surface area contributed by atoms with Crippen molar-refractivity contribution in [1.29, 1.82) is 0 Å². The molecule has 7 nitrogen and oxygen atoms in total. The highest BCUT2D eigenvalue weighted by Gasteiger charge is 2.06. The Morgan fingerprint density at radius 2 is 2.24 bits per heavy atom. The molecule has 1 amide bonds. The van der Waals surface area contributed by atoms with Crippen LogP contribution < -0.4 is 5.32 Å². The van der Waals surface area contributed by atoms with Crippen LogP contribution in [0, 0.1) is 6.92 Å². The van der Waals surface area contributed by atoms with Gasteiger partial charge in [-0.1, -0.05) is 0 Å². The van der Waals surface area contributed by atoms with Gasteiger partial charge in [-0.3, -0.25) is 9.48 Å². The molecule has 0 bridgehead atoms. The number of aromatic nitrogens is 4. The second-order valence-electron chi connectivity index (χ2n) is 4.88. The molecule has 1 N–H and O–H groups in total. The minimum atomic E-state index is 0.00245. The number of rotatable bonds is 8. The summed E-state index contributed by atoms with van der Waals surface area (Å²) in [5.41, 5.74) is 2.06. The van der Waals surface area contributed by atoms with Crippen molar-refractivity contribution in [2.24, 2.45) is 0 Å². The Labute approximate surface area is 123 Å². The highest BCUT2D eigenvalue weighted by Crippen LogP contribution is 2.00. The van der Waals surface area contributed by atoms with Crippen LogP contribution in [-0.2, 0) is 29.2 Å². The number of carbonyl (C=O) groups excluding carboxylic acids is 1. The molecular formula is C14H21N5O2. The first kappa shape index (κ1) is 15.2. The van der Waals surface area contributed by atoms with Crippen LogP contribution >= 0.6 is 0 Å². The Hall–Kier alpha value is -2.15. The number of imidazole rings is 1. The lowest BCUT2D eigenvalue weighted by Gasteiger charge is -2.09. The van der Waals surface area contributed by atoms with Crippen molar-refractivity contribution < 1.29 is 9.53 Å². The van der Waals surface area contributed by atoms with E-state index in [1.54, 1.807) is 30.5 Å². The third kappa shape index (κ3) is 4.71. The molecule has 0 atom stereocenters. The quantitative estimate of drug-likeness (QED) is 0.778. The Morgan fingerprint density at radius 1 is 1.38 bits per heavy atom. The van der Waals surface area contributed by atoms with Crippen LogP contribution in [0.3, 0.4) is 0 Å². The molecule has 114 valence electrons. The maximum atomic E-state index is 11.8. The van der Waals surface area contributed by atoms with Crippen LogP contribution in [0.5, 0.6) is 0 Å². The predicted molar refractivity (Wildman–Crippen MR) is 77.5 cm³/mol. The summed E-state index contributed by atoms with van der Waals surface area (Å²) in [4.78, 5) is 15.9. The molecule has 0 saturated heterocycles. The number of methoxy groups -OCH3 is 1. The number of amides is 1. The highest BCUT2D eigenvalue weighted by atomic mass is 16.5. The van der Waals surface area contributed by atoms with Crippen molar-refractivity contribution in [3.63, 3.8) is 0 Å². The van der Waals surface area contributed by atoms with Crippen molar-refractivity contribution in [1.82, 2.24) is 24.6 Å².